The summed E-state index contributed by atoms with van der Waals surface area (Å²) in [5, 5.41) is 2.69. The van der Waals surface area contributed by atoms with E-state index < -0.39 is 0 Å². The van der Waals surface area contributed by atoms with Crippen molar-refractivity contribution in [2.75, 3.05) is 26.3 Å². The molecule has 1 amide bonds. The standard InChI is InChI=1S/C8H18N2O2/c1-2-10-8(11)4-7-12-6-3-5-9/h2-7,9H2,1H3,(H,10,11). The molecule has 0 atom stereocenters. The quantitative estimate of drug-likeness (QED) is 0.529. The molecular weight excluding hydrogens is 156 g/mol. The van der Waals surface area contributed by atoms with Crippen molar-refractivity contribution in [1.29, 1.82) is 0 Å². The van der Waals surface area contributed by atoms with Crippen molar-refractivity contribution >= 4 is 5.91 Å². The lowest BCUT2D eigenvalue weighted by molar-refractivity contribution is -0.122. The summed E-state index contributed by atoms with van der Waals surface area (Å²) < 4.78 is 5.15. The van der Waals surface area contributed by atoms with Gasteiger partial charge in [-0.2, -0.15) is 0 Å². The number of ether oxygens (including phenoxy) is 1. The Morgan fingerprint density at radius 3 is 2.83 bits per heavy atom. The molecule has 0 aliphatic rings. The Labute approximate surface area is 73.5 Å². The van der Waals surface area contributed by atoms with Crippen LogP contribution >= 0.6 is 0 Å². The minimum absolute atomic E-state index is 0.0465. The van der Waals surface area contributed by atoms with E-state index in [9.17, 15) is 4.79 Å². The molecule has 3 N–H and O–H groups in total. The maximum absolute atomic E-state index is 10.9. The van der Waals surface area contributed by atoms with Gasteiger partial charge in [0.05, 0.1) is 6.61 Å². The Morgan fingerprint density at radius 2 is 2.25 bits per heavy atom. The van der Waals surface area contributed by atoms with Crippen molar-refractivity contribution in [1.82, 2.24) is 5.32 Å². The molecule has 0 saturated heterocycles. The molecule has 0 aromatic carbocycles. The van der Waals surface area contributed by atoms with E-state index >= 15 is 0 Å². The smallest absolute Gasteiger partial charge is 0.222 e. The van der Waals surface area contributed by atoms with Gasteiger partial charge in [-0.3, -0.25) is 4.79 Å². The zero-order chi connectivity index (χ0) is 9.23. The van der Waals surface area contributed by atoms with E-state index in [1.807, 2.05) is 6.92 Å². The topological polar surface area (TPSA) is 64.3 Å². The monoisotopic (exact) mass is 174 g/mol. The van der Waals surface area contributed by atoms with Gasteiger partial charge in [0.25, 0.3) is 0 Å². The lowest BCUT2D eigenvalue weighted by Crippen LogP contribution is -2.23. The summed E-state index contributed by atoms with van der Waals surface area (Å²) in [4.78, 5) is 10.9. The molecule has 72 valence electrons. The van der Waals surface area contributed by atoms with Crippen LogP contribution in [-0.2, 0) is 9.53 Å². The van der Waals surface area contributed by atoms with E-state index in [-0.39, 0.29) is 5.91 Å². The summed E-state index contributed by atoms with van der Waals surface area (Å²) in [6.45, 7) is 4.36. The third-order valence-electron chi connectivity index (χ3n) is 1.34. The summed E-state index contributed by atoms with van der Waals surface area (Å²) in [5.74, 6) is 0.0465. The van der Waals surface area contributed by atoms with Crippen LogP contribution in [0.5, 0.6) is 0 Å². The summed E-state index contributed by atoms with van der Waals surface area (Å²) >= 11 is 0. The number of rotatable bonds is 7. The van der Waals surface area contributed by atoms with E-state index in [0.29, 0.717) is 32.7 Å². The first-order chi connectivity index (χ1) is 5.81. The average molecular weight is 174 g/mol. The molecule has 0 bridgehead atoms. The van der Waals surface area contributed by atoms with Gasteiger partial charge in [0, 0.05) is 19.6 Å². The van der Waals surface area contributed by atoms with E-state index in [2.05, 4.69) is 5.32 Å². The van der Waals surface area contributed by atoms with Gasteiger partial charge >= 0.3 is 0 Å². The van der Waals surface area contributed by atoms with Gasteiger partial charge < -0.3 is 15.8 Å². The molecular formula is C8H18N2O2. The highest BCUT2D eigenvalue weighted by Gasteiger charge is 1.97. The Bertz CT molecular complexity index is 118. The molecule has 0 fully saturated rings. The summed E-state index contributed by atoms with van der Waals surface area (Å²) in [6, 6.07) is 0. The Hall–Kier alpha value is -0.610. The number of nitrogens with two attached hydrogens (primary N) is 1. The van der Waals surface area contributed by atoms with Crippen LogP contribution in [-0.4, -0.2) is 32.2 Å². The van der Waals surface area contributed by atoms with Crippen molar-refractivity contribution < 1.29 is 9.53 Å². The number of hydrogen-bond donors (Lipinski definition) is 2. The summed E-state index contributed by atoms with van der Waals surface area (Å²) in [6.07, 6.45) is 1.30. The SMILES string of the molecule is CCNC(=O)CCOCCCN. The fourth-order valence-electron chi connectivity index (χ4n) is 0.738. The molecule has 0 aromatic heterocycles. The van der Waals surface area contributed by atoms with Gasteiger partial charge in [0.15, 0.2) is 0 Å². The van der Waals surface area contributed by atoms with Crippen LogP contribution in [0.4, 0.5) is 0 Å². The predicted octanol–water partition coefficient (Wildman–Crippen LogP) is -0.122. The molecule has 0 aromatic rings. The Balaban J connectivity index is 3.03. The van der Waals surface area contributed by atoms with Gasteiger partial charge in [0.2, 0.25) is 5.91 Å². The third-order valence-corrected chi connectivity index (χ3v) is 1.34. The van der Waals surface area contributed by atoms with Crippen LogP contribution in [0.1, 0.15) is 19.8 Å². The van der Waals surface area contributed by atoms with Crippen LogP contribution in [0.3, 0.4) is 0 Å². The first-order valence-electron chi connectivity index (χ1n) is 4.35. The second kappa shape index (κ2) is 8.49. The molecule has 0 rings (SSSR count). The van der Waals surface area contributed by atoms with E-state index in [0.717, 1.165) is 6.42 Å². The minimum Gasteiger partial charge on any atom is -0.381 e. The van der Waals surface area contributed by atoms with Crippen molar-refractivity contribution in [3.05, 3.63) is 0 Å². The number of hydrogen-bond acceptors (Lipinski definition) is 3. The Morgan fingerprint density at radius 1 is 1.50 bits per heavy atom. The van der Waals surface area contributed by atoms with Crippen LogP contribution in [0.25, 0.3) is 0 Å². The second-order valence-electron chi connectivity index (χ2n) is 2.46. The molecule has 4 heteroatoms. The van der Waals surface area contributed by atoms with E-state index in [1.54, 1.807) is 0 Å². The predicted molar refractivity (Wildman–Crippen MR) is 47.8 cm³/mol. The van der Waals surface area contributed by atoms with Crippen LogP contribution in [0.15, 0.2) is 0 Å². The molecule has 12 heavy (non-hydrogen) atoms. The maximum atomic E-state index is 10.9. The van der Waals surface area contributed by atoms with E-state index in [4.69, 9.17) is 10.5 Å². The fourth-order valence-corrected chi connectivity index (χ4v) is 0.738. The van der Waals surface area contributed by atoms with Crippen molar-refractivity contribution in [3.63, 3.8) is 0 Å². The minimum atomic E-state index is 0.0465. The van der Waals surface area contributed by atoms with Gasteiger partial charge in [-0.05, 0) is 19.9 Å². The molecule has 4 nitrogen and oxygen atoms in total. The normalized spacial score (nSPS) is 9.83. The molecule has 0 aliphatic carbocycles. The van der Waals surface area contributed by atoms with Crippen molar-refractivity contribution in [3.8, 4) is 0 Å². The lowest BCUT2D eigenvalue weighted by Gasteiger charge is -2.02. The number of carbonyl (C=O) groups is 1. The van der Waals surface area contributed by atoms with Crippen molar-refractivity contribution in [2.24, 2.45) is 5.73 Å². The largest absolute Gasteiger partial charge is 0.381 e. The Kier molecular flexibility index (Phi) is 8.05. The number of carbonyl (C=O) groups excluding carboxylic acids is 1. The second-order valence-corrected chi connectivity index (χ2v) is 2.46. The first-order valence-corrected chi connectivity index (χ1v) is 4.35. The molecule has 0 saturated carbocycles. The van der Waals surface area contributed by atoms with Crippen LogP contribution in [0.2, 0.25) is 0 Å². The summed E-state index contributed by atoms with van der Waals surface area (Å²) in [5.41, 5.74) is 5.26. The number of amides is 1. The molecule has 0 heterocycles. The highest BCUT2D eigenvalue weighted by Crippen LogP contribution is 1.84. The van der Waals surface area contributed by atoms with Gasteiger partial charge in [-0.15, -0.1) is 0 Å². The molecule has 0 unspecified atom stereocenters. The van der Waals surface area contributed by atoms with Crippen LogP contribution < -0.4 is 11.1 Å². The zero-order valence-corrected chi connectivity index (χ0v) is 7.64. The van der Waals surface area contributed by atoms with Gasteiger partial charge in [-0.1, -0.05) is 0 Å². The highest BCUT2D eigenvalue weighted by atomic mass is 16.5. The average Bonchev–Trinajstić information content (AvgIpc) is 2.05. The molecule has 0 spiro atoms. The molecule has 0 radical (unpaired) electrons. The first kappa shape index (κ1) is 11.4. The number of nitrogens with one attached hydrogen (secondary N) is 1. The van der Waals surface area contributed by atoms with Gasteiger partial charge in [0.1, 0.15) is 0 Å². The third kappa shape index (κ3) is 7.50. The summed E-state index contributed by atoms with van der Waals surface area (Å²) in [7, 11) is 0. The lowest BCUT2D eigenvalue weighted by atomic mass is 10.4. The zero-order valence-electron chi connectivity index (χ0n) is 7.64. The maximum Gasteiger partial charge on any atom is 0.222 e. The van der Waals surface area contributed by atoms with Crippen molar-refractivity contribution in [2.45, 2.75) is 19.8 Å². The van der Waals surface area contributed by atoms with Crippen LogP contribution in [0, 0.1) is 0 Å². The highest BCUT2D eigenvalue weighted by molar-refractivity contribution is 5.75. The fraction of sp³-hybridized carbons (Fsp3) is 0.875. The van der Waals surface area contributed by atoms with Gasteiger partial charge in [-0.25, -0.2) is 0 Å². The molecule has 0 aliphatic heterocycles. The van der Waals surface area contributed by atoms with E-state index in [1.165, 1.54) is 0 Å².